The van der Waals surface area contributed by atoms with Crippen LogP contribution >= 0.6 is 0 Å². The van der Waals surface area contributed by atoms with E-state index in [4.69, 9.17) is 4.74 Å². The van der Waals surface area contributed by atoms with Crippen LogP contribution in [0.2, 0.25) is 0 Å². The van der Waals surface area contributed by atoms with Crippen molar-refractivity contribution in [3.63, 3.8) is 0 Å². The zero-order valence-electron chi connectivity index (χ0n) is 11.2. The van der Waals surface area contributed by atoms with Gasteiger partial charge in [-0.25, -0.2) is 0 Å². The fraction of sp³-hybridized carbons (Fsp3) is 0.600. The highest BCUT2D eigenvalue weighted by atomic mass is 16.5. The average molecular weight is 248 g/mol. The van der Waals surface area contributed by atoms with Crippen LogP contribution < -0.4 is 10.6 Å². The van der Waals surface area contributed by atoms with Gasteiger partial charge in [0.15, 0.2) is 0 Å². The second kappa shape index (κ2) is 7.39. The molecule has 1 fully saturated rings. The molecule has 1 aliphatic rings. The first-order valence-electron chi connectivity index (χ1n) is 7.00. The Hall–Kier alpha value is -1.06. The number of hydrogen-bond acceptors (Lipinski definition) is 3. The summed E-state index contributed by atoms with van der Waals surface area (Å²) in [5.74, 6) is 0.798. The zero-order valence-corrected chi connectivity index (χ0v) is 11.2. The Balaban J connectivity index is 1.87. The van der Waals surface area contributed by atoms with Crippen molar-refractivity contribution in [1.82, 2.24) is 5.32 Å². The molecule has 1 aliphatic heterocycles. The van der Waals surface area contributed by atoms with Crippen molar-refractivity contribution >= 4 is 5.69 Å². The number of ether oxygens (including phenoxy) is 1. The summed E-state index contributed by atoms with van der Waals surface area (Å²) in [6, 6.07) is 8.44. The maximum Gasteiger partial charge on any atom is 0.0736 e. The van der Waals surface area contributed by atoms with Crippen LogP contribution in [0, 0.1) is 5.92 Å². The van der Waals surface area contributed by atoms with E-state index in [1.165, 1.54) is 24.1 Å². The maximum absolute atomic E-state index is 5.50. The maximum atomic E-state index is 5.50. The average Bonchev–Trinajstić information content (AvgIpc) is 2.45. The Bertz CT molecular complexity index is 348. The van der Waals surface area contributed by atoms with Crippen molar-refractivity contribution in [2.24, 2.45) is 5.92 Å². The van der Waals surface area contributed by atoms with Gasteiger partial charge in [0.2, 0.25) is 0 Å². The minimum atomic E-state index is 0.700. The number of benzene rings is 1. The number of rotatable bonds is 6. The fourth-order valence-corrected chi connectivity index (χ4v) is 2.37. The summed E-state index contributed by atoms with van der Waals surface area (Å²) in [5.41, 5.74) is 2.48. The number of para-hydroxylation sites is 1. The molecule has 1 aromatic carbocycles. The Morgan fingerprint density at radius 1 is 1.28 bits per heavy atom. The number of piperidine rings is 1. The quantitative estimate of drug-likeness (QED) is 0.812. The highest BCUT2D eigenvalue weighted by molar-refractivity contribution is 5.50. The minimum absolute atomic E-state index is 0.700. The third-order valence-corrected chi connectivity index (χ3v) is 3.52. The minimum Gasteiger partial charge on any atom is -0.384 e. The summed E-state index contributed by atoms with van der Waals surface area (Å²) in [6.07, 6.45) is 2.56. The van der Waals surface area contributed by atoms with E-state index in [1.807, 2.05) is 6.92 Å². The molecule has 2 N–H and O–H groups in total. The molecule has 0 radical (unpaired) electrons. The largest absolute Gasteiger partial charge is 0.384 e. The first kappa shape index (κ1) is 13.4. The van der Waals surface area contributed by atoms with Crippen molar-refractivity contribution < 1.29 is 4.74 Å². The SMILES string of the molecule is CCOCc1ccccc1NCC1CCNCC1. The van der Waals surface area contributed by atoms with E-state index < -0.39 is 0 Å². The van der Waals surface area contributed by atoms with Gasteiger partial charge in [0.1, 0.15) is 0 Å². The fourth-order valence-electron chi connectivity index (χ4n) is 2.37. The van der Waals surface area contributed by atoms with Gasteiger partial charge < -0.3 is 15.4 Å². The van der Waals surface area contributed by atoms with Crippen molar-refractivity contribution in [3.05, 3.63) is 29.8 Å². The smallest absolute Gasteiger partial charge is 0.0736 e. The van der Waals surface area contributed by atoms with Gasteiger partial charge in [0.05, 0.1) is 6.61 Å². The van der Waals surface area contributed by atoms with E-state index in [9.17, 15) is 0 Å². The Morgan fingerprint density at radius 3 is 2.83 bits per heavy atom. The van der Waals surface area contributed by atoms with E-state index in [0.717, 1.165) is 32.2 Å². The molecule has 1 saturated heterocycles. The second-order valence-electron chi connectivity index (χ2n) is 4.87. The number of hydrogen-bond donors (Lipinski definition) is 2. The molecule has 100 valence electrons. The zero-order chi connectivity index (χ0) is 12.6. The van der Waals surface area contributed by atoms with Gasteiger partial charge >= 0.3 is 0 Å². The lowest BCUT2D eigenvalue weighted by Gasteiger charge is -2.24. The van der Waals surface area contributed by atoms with Crippen LogP contribution in [-0.4, -0.2) is 26.2 Å². The van der Waals surface area contributed by atoms with E-state index in [-0.39, 0.29) is 0 Å². The van der Waals surface area contributed by atoms with Gasteiger partial charge in [-0.3, -0.25) is 0 Å². The van der Waals surface area contributed by atoms with Crippen molar-refractivity contribution in [2.45, 2.75) is 26.4 Å². The summed E-state index contributed by atoms with van der Waals surface area (Å²) in [4.78, 5) is 0. The number of anilines is 1. The molecule has 1 aromatic rings. The molecule has 0 aliphatic carbocycles. The van der Waals surface area contributed by atoms with E-state index in [0.29, 0.717) is 6.61 Å². The topological polar surface area (TPSA) is 33.3 Å². The number of nitrogens with one attached hydrogen (secondary N) is 2. The molecule has 18 heavy (non-hydrogen) atoms. The van der Waals surface area contributed by atoms with Crippen LogP contribution in [0.4, 0.5) is 5.69 Å². The molecule has 2 rings (SSSR count). The molecule has 0 saturated carbocycles. The highest BCUT2D eigenvalue weighted by Gasteiger charge is 2.12. The third-order valence-electron chi connectivity index (χ3n) is 3.52. The van der Waals surface area contributed by atoms with E-state index in [1.54, 1.807) is 0 Å². The standard InChI is InChI=1S/C15H24N2O/c1-2-18-12-14-5-3-4-6-15(14)17-11-13-7-9-16-10-8-13/h3-6,13,16-17H,2,7-12H2,1H3. The van der Waals surface area contributed by atoms with Gasteiger partial charge in [-0.1, -0.05) is 18.2 Å². The van der Waals surface area contributed by atoms with Gasteiger partial charge in [0.25, 0.3) is 0 Å². The van der Waals surface area contributed by atoms with Crippen LogP contribution in [-0.2, 0) is 11.3 Å². The third kappa shape index (κ3) is 4.00. The second-order valence-corrected chi connectivity index (χ2v) is 4.87. The first-order chi connectivity index (χ1) is 8.90. The van der Waals surface area contributed by atoms with Gasteiger partial charge in [-0.05, 0) is 44.8 Å². The Labute approximate surface area is 110 Å². The summed E-state index contributed by atoms with van der Waals surface area (Å²) in [5, 5.41) is 6.99. The summed E-state index contributed by atoms with van der Waals surface area (Å²) in [6.45, 7) is 6.89. The van der Waals surface area contributed by atoms with Gasteiger partial charge in [-0.2, -0.15) is 0 Å². The van der Waals surface area contributed by atoms with Crippen LogP contribution in [0.3, 0.4) is 0 Å². The molecular weight excluding hydrogens is 224 g/mol. The Morgan fingerprint density at radius 2 is 2.06 bits per heavy atom. The molecule has 0 amide bonds. The molecule has 0 unspecified atom stereocenters. The monoisotopic (exact) mass is 248 g/mol. The summed E-state index contributed by atoms with van der Waals surface area (Å²) in [7, 11) is 0. The first-order valence-corrected chi connectivity index (χ1v) is 7.00. The van der Waals surface area contributed by atoms with Crippen LogP contribution in [0.15, 0.2) is 24.3 Å². The van der Waals surface area contributed by atoms with Gasteiger partial charge in [-0.15, -0.1) is 0 Å². The van der Waals surface area contributed by atoms with Gasteiger partial charge in [0, 0.05) is 24.4 Å². The lowest BCUT2D eigenvalue weighted by molar-refractivity contribution is 0.134. The molecule has 0 bridgehead atoms. The lowest BCUT2D eigenvalue weighted by atomic mass is 9.98. The predicted octanol–water partition coefficient (Wildman–Crippen LogP) is 2.63. The van der Waals surface area contributed by atoms with Crippen LogP contribution in [0.1, 0.15) is 25.3 Å². The molecule has 3 nitrogen and oxygen atoms in total. The van der Waals surface area contributed by atoms with E-state index in [2.05, 4.69) is 34.9 Å². The van der Waals surface area contributed by atoms with Crippen LogP contribution in [0.25, 0.3) is 0 Å². The molecule has 0 spiro atoms. The van der Waals surface area contributed by atoms with Crippen molar-refractivity contribution in [3.8, 4) is 0 Å². The molecule has 0 atom stereocenters. The molecular formula is C15H24N2O. The van der Waals surface area contributed by atoms with Crippen LogP contribution in [0.5, 0.6) is 0 Å². The lowest BCUT2D eigenvalue weighted by Crippen LogP contribution is -2.31. The van der Waals surface area contributed by atoms with Crippen molar-refractivity contribution in [2.75, 3.05) is 31.6 Å². The summed E-state index contributed by atoms with van der Waals surface area (Å²) < 4.78 is 5.50. The molecule has 0 aromatic heterocycles. The van der Waals surface area contributed by atoms with Crippen molar-refractivity contribution in [1.29, 1.82) is 0 Å². The normalized spacial score (nSPS) is 16.7. The van der Waals surface area contributed by atoms with E-state index >= 15 is 0 Å². The summed E-state index contributed by atoms with van der Waals surface area (Å²) >= 11 is 0. The highest BCUT2D eigenvalue weighted by Crippen LogP contribution is 2.18. The molecule has 3 heteroatoms. The predicted molar refractivity (Wildman–Crippen MR) is 75.9 cm³/mol. The Kier molecular flexibility index (Phi) is 5.49. The molecule has 1 heterocycles.